The zero-order chi connectivity index (χ0) is 21.5. The van der Waals surface area contributed by atoms with Gasteiger partial charge in [-0.2, -0.15) is 18.3 Å². The molecule has 0 saturated carbocycles. The molecule has 4 aromatic rings. The van der Waals surface area contributed by atoms with Crippen molar-refractivity contribution in [2.24, 2.45) is 5.73 Å². The first-order valence-corrected chi connectivity index (χ1v) is 8.87. The molecule has 10 heteroatoms. The zero-order valence-electron chi connectivity index (χ0n) is 16.2. The molecule has 3 aromatic carbocycles. The van der Waals surface area contributed by atoms with Crippen LogP contribution < -0.4 is 11.2 Å². The third-order valence-corrected chi connectivity index (χ3v) is 4.67. The van der Waals surface area contributed by atoms with Crippen molar-refractivity contribution in [2.75, 3.05) is 0 Å². The van der Waals surface area contributed by atoms with Crippen LogP contribution in [-0.2, 0) is 6.18 Å². The molecule has 32 heavy (non-hydrogen) atoms. The number of para-hydroxylation sites is 1. The molecule has 4 rings (SSSR count). The number of fused-ring (bicyclic) bond motifs is 1. The Kier molecular flexibility index (Phi) is 7.33. The van der Waals surface area contributed by atoms with Crippen molar-refractivity contribution in [2.45, 2.75) is 6.18 Å². The molecule has 0 spiro atoms. The molecule has 1 amide bonds. The van der Waals surface area contributed by atoms with Crippen molar-refractivity contribution in [3.63, 3.8) is 0 Å². The van der Waals surface area contributed by atoms with Crippen LogP contribution in [0, 0.1) is 0 Å². The highest BCUT2D eigenvalue weighted by molar-refractivity contribution is 6.00. The van der Waals surface area contributed by atoms with E-state index in [9.17, 15) is 22.8 Å². The Labute approximate surface area is 192 Å². The van der Waals surface area contributed by atoms with Gasteiger partial charge in [0.15, 0.2) is 5.69 Å². The van der Waals surface area contributed by atoms with Crippen molar-refractivity contribution >= 4 is 41.6 Å². The predicted octanol–water partition coefficient (Wildman–Crippen LogP) is 5.01. The number of alkyl halides is 3. The number of nitrogens with two attached hydrogens (primary N) is 1. The number of rotatable bonds is 3. The molecule has 0 aliphatic carbocycles. The summed E-state index contributed by atoms with van der Waals surface area (Å²) < 4.78 is 41.8. The van der Waals surface area contributed by atoms with Crippen LogP contribution in [0.2, 0.25) is 0 Å². The maximum Gasteiger partial charge on any atom is 0.418 e. The van der Waals surface area contributed by atoms with Crippen LogP contribution in [-0.4, -0.2) is 15.7 Å². The fourth-order valence-electron chi connectivity index (χ4n) is 3.37. The number of carbonyl (C=O) groups excluding carboxylic acids is 1. The normalized spacial score (nSPS) is 10.8. The lowest BCUT2D eigenvalue weighted by Crippen LogP contribution is -2.28. The van der Waals surface area contributed by atoms with E-state index in [2.05, 4.69) is 5.10 Å². The lowest BCUT2D eigenvalue weighted by atomic mass is 9.99. The Bertz CT molecular complexity index is 1340. The monoisotopic (exact) mass is 481 g/mol. The number of hydrogen-bond acceptors (Lipinski definition) is 3. The third kappa shape index (κ3) is 4.32. The first kappa shape index (κ1) is 24.9. The molecular formula is C22H16Cl2F3N3O2. The highest BCUT2D eigenvalue weighted by Gasteiger charge is 2.34. The minimum absolute atomic E-state index is 0. The summed E-state index contributed by atoms with van der Waals surface area (Å²) in [5.41, 5.74) is 3.93. The average molecular weight is 482 g/mol. The van der Waals surface area contributed by atoms with Crippen molar-refractivity contribution in [1.82, 2.24) is 9.78 Å². The van der Waals surface area contributed by atoms with Crippen LogP contribution in [0.1, 0.15) is 16.1 Å². The molecule has 0 aliphatic rings. The summed E-state index contributed by atoms with van der Waals surface area (Å²) in [7, 11) is 0. The molecule has 0 aliphatic heterocycles. The van der Waals surface area contributed by atoms with E-state index in [4.69, 9.17) is 5.73 Å². The number of hydrogen-bond donors (Lipinski definition) is 1. The second-order valence-corrected chi connectivity index (χ2v) is 6.53. The Morgan fingerprint density at radius 3 is 2.12 bits per heavy atom. The average Bonchev–Trinajstić information content (AvgIpc) is 2.73. The number of halogens is 5. The van der Waals surface area contributed by atoms with Gasteiger partial charge in [-0.3, -0.25) is 9.59 Å². The van der Waals surface area contributed by atoms with Crippen molar-refractivity contribution in [1.29, 1.82) is 0 Å². The Morgan fingerprint density at radius 1 is 0.875 bits per heavy atom. The fourth-order valence-corrected chi connectivity index (χ4v) is 3.37. The quantitative estimate of drug-likeness (QED) is 0.446. The zero-order valence-corrected chi connectivity index (χ0v) is 17.8. The van der Waals surface area contributed by atoms with E-state index in [1.165, 1.54) is 24.3 Å². The molecule has 166 valence electrons. The molecule has 0 saturated heterocycles. The minimum atomic E-state index is -4.67. The van der Waals surface area contributed by atoms with Gasteiger partial charge < -0.3 is 5.73 Å². The molecule has 0 fully saturated rings. The van der Waals surface area contributed by atoms with Crippen LogP contribution in [0.5, 0.6) is 0 Å². The summed E-state index contributed by atoms with van der Waals surface area (Å²) in [6.07, 6.45) is -4.67. The van der Waals surface area contributed by atoms with Gasteiger partial charge in [-0.25, -0.2) is 4.68 Å². The Hall–Kier alpha value is -3.36. The van der Waals surface area contributed by atoms with Gasteiger partial charge in [0.25, 0.3) is 5.91 Å². The highest BCUT2D eigenvalue weighted by Crippen LogP contribution is 2.35. The van der Waals surface area contributed by atoms with E-state index in [0.717, 1.165) is 10.7 Å². The number of nitrogens with zero attached hydrogens (tertiary/aromatic N) is 2. The van der Waals surface area contributed by atoms with Crippen LogP contribution in [0.4, 0.5) is 13.2 Å². The van der Waals surface area contributed by atoms with Crippen LogP contribution >= 0.6 is 24.8 Å². The van der Waals surface area contributed by atoms with E-state index < -0.39 is 28.8 Å². The lowest BCUT2D eigenvalue weighted by molar-refractivity contribution is -0.137. The van der Waals surface area contributed by atoms with E-state index in [0.29, 0.717) is 11.1 Å². The SMILES string of the molecule is Cl.Cl.NC(=O)c1nn(-c2ccccc2C(F)(F)F)c2cccc(-c3ccccc3)c2c1=O. The van der Waals surface area contributed by atoms with Gasteiger partial charge in [-0.05, 0) is 29.3 Å². The molecule has 1 aromatic heterocycles. The number of benzene rings is 3. The van der Waals surface area contributed by atoms with E-state index in [1.807, 2.05) is 0 Å². The van der Waals surface area contributed by atoms with Crippen molar-refractivity contribution in [3.8, 4) is 16.8 Å². The first-order chi connectivity index (χ1) is 14.3. The van der Waals surface area contributed by atoms with Crippen LogP contribution in [0.3, 0.4) is 0 Å². The smallest absolute Gasteiger partial charge is 0.364 e. The maximum atomic E-state index is 13.6. The van der Waals surface area contributed by atoms with Crippen LogP contribution in [0.15, 0.2) is 77.6 Å². The van der Waals surface area contributed by atoms with Gasteiger partial charge in [0.05, 0.1) is 22.2 Å². The summed E-state index contributed by atoms with van der Waals surface area (Å²) in [6, 6.07) is 18.4. The summed E-state index contributed by atoms with van der Waals surface area (Å²) in [5.74, 6) is -1.12. The summed E-state index contributed by atoms with van der Waals surface area (Å²) in [4.78, 5) is 24.9. The molecule has 0 unspecified atom stereocenters. The summed E-state index contributed by atoms with van der Waals surface area (Å²) in [5, 5.41) is 3.97. The number of amides is 1. The number of carbonyl (C=O) groups is 1. The molecular weight excluding hydrogens is 466 g/mol. The molecule has 5 nitrogen and oxygen atoms in total. The standard InChI is InChI=1S/C22H14F3N3O2.2ClH/c23-22(24,25)15-10-4-5-11-16(15)28-17-12-6-9-14(13-7-2-1-3-8-13)18(17)20(29)19(27-28)21(26)30;;/h1-12H,(H2,26,30);2*1H. The van der Waals surface area contributed by atoms with Gasteiger partial charge in [0, 0.05) is 0 Å². The maximum absolute atomic E-state index is 13.6. The molecule has 1 heterocycles. The highest BCUT2D eigenvalue weighted by atomic mass is 35.5. The third-order valence-electron chi connectivity index (χ3n) is 4.67. The first-order valence-electron chi connectivity index (χ1n) is 8.87. The largest absolute Gasteiger partial charge is 0.418 e. The van der Waals surface area contributed by atoms with Crippen molar-refractivity contribution < 1.29 is 18.0 Å². The van der Waals surface area contributed by atoms with Gasteiger partial charge >= 0.3 is 6.18 Å². The summed E-state index contributed by atoms with van der Waals surface area (Å²) in [6.45, 7) is 0. The molecule has 0 bridgehead atoms. The second-order valence-electron chi connectivity index (χ2n) is 6.53. The molecule has 0 atom stereocenters. The molecule has 2 N–H and O–H groups in total. The van der Waals surface area contributed by atoms with Crippen molar-refractivity contribution in [3.05, 3.63) is 94.3 Å². The fraction of sp³-hybridized carbons (Fsp3) is 0.0455. The lowest BCUT2D eigenvalue weighted by Gasteiger charge is -2.17. The van der Waals surface area contributed by atoms with E-state index >= 15 is 0 Å². The van der Waals surface area contributed by atoms with Gasteiger partial charge in [0.1, 0.15) is 0 Å². The minimum Gasteiger partial charge on any atom is -0.364 e. The number of aromatic nitrogens is 2. The Morgan fingerprint density at radius 2 is 1.50 bits per heavy atom. The topological polar surface area (TPSA) is 78.0 Å². The molecule has 0 radical (unpaired) electrons. The number of primary amides is 1. The van der Waals surface area contributed by atoms with E-state index in [-0.39, 0.29) is 41.4 Å². The predicted molar refractivity (Wildman–Crippen MR) is 121 cm³/mol. The van der Waals surface area contributed by atoms with Gasteiger partial charge in [-0.15, -0.1) is 24.8 Å². The van der Waals surface area contributed by atoms with Gasteiger partial charge in [-0.1, -0.05) is 54.6 Å². The summed E-state index contributed by atoms with van der Waals surface area (Å²) >= 11 is 0. The van der Waals surface area contributed by atoms with Crippen LogP contribution in [0.25, 0.3) is 27.7 Å². The second kappa shape index (κ2) is 9.42. The Balaban J connectivity index is 0.00000181. The van der Waals surface area contributed by atoms with Gasteiger partial charge in [0.2, 0.25) is 5.43 Å². The van der Waals surface area contributed by atoms with E-state index in [1.54, 1.807) is 42.5 Å².